The number of aliphatic hydroxyl groups is 2. The topological polar surface area (TPSA) is 43.7 Å². The van der Waals surface area contributed by atoms with Gasteiger partial charge in [-0.2, -0.15) is 0 Å². The van der Waals surface area contributed by atoms with Crippen molar-refractivity contribution in [2.24, 2.45) is 0 Å². The smallest absolute Gasteiger partial charge is 0.0966 e. The summed E-state index contributed by atoms with van der Waals surface area (Å²) in [6.45, 7) is 1.73. The first-order chi connectivity index (χ1) is 4.79. The molecular formula is C7H13NO2. The van der Waals surface area contributed by atoms with Crippen molar-refractivity contribution in [2.45, 2.75) is 31.1 Å². The number of aliphatic hydroxyl groups excluding tert-OH is 2. The summed E-state index contributed by atoms with van der Waals surface area (Å²) >= 11 is 0. The van der Waals surface area contributed by atoms with Crippen LogP contribution in [0.1, 0.15) is 12.8 Å². The molecule has 0 saturated carbocycles. The fourth-order valence-electron chi connectivity index (χ4n) is 2.07. The molecule has 2 aliphatic heterocycles. The molecule has 2 fully saturated rings. The Morgan fingerprint density at radius 3 is 2.80 bits per heavy atom. The number of fused-ring (bicyclic) bond motifs is 1. The van der Waals surface area contributed by atoms with E-state index in [1.54, 1.807) is 0 Å². The summed E-state index contributed by atoms with van der Waals surface area (Å²) in [7, 11) is 0. The van der Waals surface area contributed by atoms with Gasteiger partial charge >= 0.3 is 0 Å². The first kappa shape index (κ1) is 6.58. The Kier molecular flexibility index (Phi) is 1.44. The van der Waals surface area contributed by atoms with E-state index in [4.69, 9.17) is 0 Å². The Morgan fingerprint density at radius 2 is 2.10 bits per heavy atom. The Bertz CT molecular complexity index is 138. The van der Waals surface area contributed by atoms with Crippen LogP contribution < -0.4 is 0 Å². The molecule has 0 unspecified atom stereocenters. The molecule has 3 atom stereocenters. The Balaban J connectivity index is 2.09. The molecule has 2 saturated heterocycles. The Hall–Kier alpha value is -0.120. The van der Waals surface area contributed by atoms with Crippen LogP contribution in [0, 0.1) is 0 Å². The highest BCUT2D eigenvalue weighted by Crippen LogP contribution is 2.27. The summed E-state index contributed by atoms with van der Waals surface area (Å²) in [4.78, 5) is 2.18. The molecule has 2 heterocycles. The molecular weight excluding hydrogens is 130 g/mol. The molecule has 3 nitrogen and oxygen atoms in total. The second-order valence-electron chi connectivity index (χ2n) is 3.26. The average Bonchev–Trinajstić information content (AvgIpc) is 2.41. The molecule has 0 amide bonds. The molecule has 2 N–H and O–H groups in total. The fraction of sp³-hybridized carbons (Fsp3) is 1.00. The normalized spacial score (nSPS) is 48.0. The van der Waals surface area contributed by atoms with Crippen LogP contribution in [-0.2, 0) is 0 Å². The highest BCUT2D eigenvalue weighted by molar-refractivity contribution is 4.96. The number of hydrogen-bond donors (Lipinski definition) is 2. The van der Waals surface area contributed by atoms with E-state index < -0.39 is 12.2 Å². The molecule has 0 aromatic carbocycles. The van der Waals surface area contributed by atoms with Crippen LogP contribution in [-0.4, -0.2) is 46.5 Å². The second kappa shape index (κ2) is 2.19. The van der Waals surface area contributed by atoms with Gasteiger partial charge in [0.05, 0.1) is 12.2 Å². The monoisotopic (exact) mass is 143 g/mol. The predicted molar refractivity (Wildman–Crippen MR) is 36.6 cm³/mol. The minimum atomic E-state index is -0.495. The van der Waals surface area contributed by atoms with Gasteiger partial charge in [0, 0.05) is 12.6 Å². The summed E-state index contributed by atoms with van der Waals surface area (Å²) in [5, 5.41) is 18.6. The average molecular weight is 143 g/mol. The van der Waals surface area contributed by atoms with E-state index >= 15 is 0 Å². The van der Waals surface area contributed by atoms with Crippen LogP contribution in [0.5, 0.6) is 0 Å². The molecule has 2 rings (SSSR count). The maximum atomic E-state index is 9.38. The van der Waals surface area contributed by atoms with Gasteiger partial charge in [0.1, 0.15) is 0 Å². The van der Waals surface area contributed by atoms with Crippen LogP contribution in [0.2, 0.25) is 0 Å². The third kappa shape index (κ3) is 0.779. The zero-order valence-electron chi connectivity index (χ0n) is 5.90. The third-order valence-corrected chi connectivity index (χ3v) is 2.62. The SMILES string of the molecule is O[C@@H]1[C@H](O)CN2CCC[C@H]12. The van der Waals surface area contributed by atoms with Crippen LogP contribution >= 0.6 is 0 Å². The van der Waals surface area contributed by atoms with Gasteiger partial charge in [0.15, 0.2) is 0 Å². The highest BCUT2D eigenvalue weighted by Gasteiger charge is 2.41. The van der Waals surface area contributed by atoms with Crippen molar-refractivity contribution >= 4 is 0 Å². The summed E-state index contributed by atoms with van der Waals surface area (Å²) in [5.41, 5.74) is 0. The van der Waals surface area contributed by atoms with Gasteiger partial charge in [-0.05, 0) is 19.4 Å². The lowest BCUT2D eigenvalue weighted by Gasteiger charge is -2.14. The number of hydrogen-bond acceptors (Lipinski definition) is 3. The lowest BCUT2D eigenvalue weighted by molar-refractivity contribution is 0.0394. The van der Waals surface area contributed by atoms with E-state index in [-0.39, 0.29) is 6.04 Å². The molecule has 2 aliphatic rings. The van der Waals surface area contributed by atoms with Crippen molar-refractivity contribution in [2.75, 3.05) is 13.1 Å². The third-order valence-electron chi connectivity index (χ3n) is 2.62. The molecule has 58 valence electrons. The molecule has 0 spiro atoms. The quantitative estimate of drug-likeness (QED) is 0.466. The van der Waals surface area contributed by atoms with Crippen molar-refractivity contribution in [3.8, 4) is 0 Å². The molecule has 0 radical (unpaired) electrons. The van der Waals surface area contributed by atoms with Gasteiger partial charge in [-0.3, -0.25) is 4.90 Å². The second-order valence-corrected chi connectivity index (χ2v) is 3.26. The van der Waals surface area contributed by atoms with Crippen molar-refractivity contribution in [3.05, 3.63) is 0 Å². The van der Waals surface area contributed by atoms with Gasteiger partial charge in [-0.25, -0.2) is 0 Å². The Morgan fingerprint density at radius 1 is 1.30 bits per heavy atom. The van der Waals surface area contributed by atoms with Crippen LogP contribution in [0.3, 0.4) is 0 Å². The van der Waals surface area contributed by atoms with Crippen LogP contribution in [0.25, 0.3) is 0 Å². The molecule has 0 aliphatic carbocycles. The van der Waals surface area contributed by atoms with Crippen molar-refractivity contribution in [1.82, 2.24) is 4.90 Å². The minimum absolute atomic E-state index is 0.259. The first-order valence-electron chi connectivity index (χ1n) is 3.89. The van der Waals surface area contributed by atoms with E-state index in [0.717, 1.165) is 13.0 Å². The molecule has 10 heavy (non-hydrogen) atoms. The van der Waals surface area contributed by atoms with Gasteiger partial charge in [-0.1, -0.05) is 0 Å². The number of rotatable bonds is 0. The standard InChI is InChI=1S/C7H13NO2/c9-6-4-8-3-1-2-5(8)7(6)10/h5-7,9-10H,1-4H2/t5-,6-,7+/m1/s1. The molecule has 0 aromatic heterocycles. The van der Waals surface area contributed by atoms with Gasteiger partial charge in [0.25, 0.3) is 0 Å². The van der Waals surface area contributed by atoms with Crippen LogP contribution in [0.4, 0.5) is 0 Å². The van der Waals surface area contributed by atoms with E-state index in [1.807, 2.05) is 0 Å². The van der Waals surface area contributed by atoms with E-state index in [0.29, 0.717) is 6.54 Å². The lowest BCUT2D eigenvalue weighted by Crippen LogP contribution is -2.30. The first-order valence-corrected chi connectivity index (χ1v) is 3.89. The Labute approximate surface area is 60.3 Å². The van der Waals surface area contributed by atoms with E-state index in [1.165, 1.54) is 6.42 Å². The number of nitrogens with zero attached hydrogens (tertiary/aromatic N) is 1. The molecule has 0 aromatic rings. The fourth-order valence-corrected chi connectivity index (χ4v) is 2.07. The largest absolute Gasteiger partial charge is 0.389 e. The van der Waals surface area contributed by atoms with E-state index in [2.05, 4.69) is 4.90 Å². The summed E-state index contributed by atoms with van der Waals surface area (Å²) < 4.78 is 0. The van der Waals surface area contributed by atoms with Crippen molar-refractivity contribution in [1.29, 1.82) is 0 Å². The van der Waals surface area contributed by atoms with Gasteiger partial charge < -0.3 is 10.2 Å². The summed E-state index contributed by atoms with van der Waals surface area (Å²) in [6.07, 6.45) is 1.25. The molecule has 3 heteroatoms. The van der Waals surface area contributed by atoms with Gasteiger partial charge in [0.2, 0.25) is 0 Å². The summed E-state index contributed by atoms with van der Waals surface area (Å²) in [6, 6.07) is 0.259. The predicted octanol–water partition coefficient (Wildman–Crippen LogP) is -0.814. The van der Waals surface area contributed by atoms with Crippen molar-refractivity contribution < 1.29 is 10.2 Å². The van der Waals surface area contributed by atoms with E-state index in [9.17, 15) is 10.2 Å². The lowest BCUT2D eigenvalue weighted by atomic mass is 10.1. The summed E-state index contributed by atoms with van der Waals surface area (Å²) in [5.74, 6) is 0. The minimum Gasteiger partial charge on any atom is -0.389 e. The van der Waals surface area contributed by atoms with Gasteiger partial charge in [-0.15, -0.1) is 0 Å². The highest BCUT2D eigenvalue weighted by atomic mass is 16.3. The van der Waals surface area contributed by atoms with Crippen LogP contribution in [0.15, 0.2) is 0 Å². The zero-order valence-corrected chi connectivity index (χ0v) is 5.90. The molecule has 0 bridgehead atoms. The maximum absolute atomic E-state index is 9.38. The maximum Gasteiger partial charge on any atom is 0.0966 e. The zero-order chi connectivity index (χ0) is 7.14. The van der Waals surface area contributed by atoms with Crippen molar-refractivity contribution in [3.63, 3.8) is 0 Å².